The number of hydrogen-bond acceptors (Lipinski definition) is 1. The number of aromatic carboxylic acids is 1. The van der Waals surface area contributed by atoms with Crippen LogP contribution >= 0.6 is 22.6 Å². The van der Waals surface area contributed by atoms with Gasteiger partial charge in [0, 0.05) is 3.57 Å². The minimum atomic E-state index is -0.893. The molecule has 0 radical (unpaired) electrons. The van der Waals surface area contributed by atoms with Gasteiger partial charge in [-0.1, -0.05) is 30.3 Å². The van der Waals surface area contributed by atoms with Crippen LogP contribution in [0.1, 0.15) is 10.4 Å². The number of hydrogen-bond donors (Lipinski definition) is 1. The summed E-state index contributed by atoms with van der Waals surface area (Å²) in [5.41, 5.74) is 2.29. The average molecular weight is 324 g/mol. The highest BCUT2D eigenvalue weighted by Gasteiger charge is 2.06. The summed E-state index contributed by atoms with van der Waals surface area (Å²) in [6.45, 7) is 0. The molecule has 16 heavy (non-hydrogen) atoms. The average Bonchev–Trinajstić information content (AvgIpc) is 2.29. The summed E-state index contributed by atoms with van der Waals surface area (Å²) in [5.74, 6) is -0.893. The topological polar surface area (TPSA) is 37.3 Å². The summed E-state index contributed by atoms with van der Waals surface area (Å²) < 4.78 is 0.927. The van der Waals surface area contributed by atoms with E-state index in [1.54, 1.807) is 12.1 Å². The zero-order valence-corrected chi connectivity index (χ0v) is 10.5. The van der Waals surface area contributed by atoms with Crippen molar-refractivity contribution in [3.8, 4) is 11.1 Å². The summed E-state index contributed by atoms with van der Waals surface area (Å²) in [6.07, 6.45) is 0. The van der Waals surface area contributed by atoms with Gasteiger partial charge in [-0.15, -0.1) is 0 Å². The van der Waals surface area contributed by atoms with E-state index in [1.807, 2.05) is 36.4 Å². The van der Waals surface area contributed by atoms with Gasteiger partial charge in [0.15, 0.2) is 0 Å². The van der Waals surface area contributed by atoms with Gasteiger partial charge in [0.1, 0.15) is 0 Å². The van der Waals surface area contributed by atoms with E-state index >= 15 is 0 Å². The van der Waals surface area contributed by atoms with Gasteiger partial charge < -0.3 is 5.11 Å². The SMILES string of the molecule is O=C(O)c1cc(I)cc(-c2ccccc2)c1. The molecule has 0 amide bonds. The molecule has 2 rings (SSSR count). The Morgan fingerprint density at radius 2 is 1.69 bits per heavy atom. The van der Waals surface area contributed by atoms with Crippen LogP contribution in [-0.2, 0) is 0 Å². The van der Waals surface area contributed by atoms with Crippen molar-refractivity contribution in [3.63, 3.8) is 0 Å². The zero-order chi connectivity index (χ0) is 11.5. The van der Waals surface area contributed by atoms with Crippen molar-refractivity contribution in [2.75, 3.05) is 0 Å². The van der Waals surface area contributed by atoms with Crippen molar-refractivity contribution in [1.29, 1.82) is 0 Å². The lowest BCUT2D eigenvalue weighted by molar-refractivity contribution is 0.0697. The molecule has 0 aliphatic rings. The molecule has 0 aromatic heterocycles. The third-order valence-electron chi connectivity index (χ3n) is 2.25. The molecule has 0 atom stereocenters. The zero-order valence-electron chi connectivity index (χ0n) is 8.35. The van der Waals surface area contributed by atoms with E-state index in [1.165, 1.54) is 0 Å². The second-order valence-corrected chi connectivity index (χ2v) is 4.65. The van der Waals surface area contributed by atoms with Gasteiger partial charge >= 0.3 is 5.97 Å². The lowest BCUT2D eigenvalue weighted by atomic mass is 10.0. The Labute approximate surface area is 107 Å². The number of benzene rings is 2. The molecule has 0 heterocycles. The maximum Gasteiger partial charge on any atom is 0.335 e. The Balaban J connectivity index is 2.54. The van der Waals surface area contributed by atoms with Crippen molar-refractivity contribution in [3.05, 3.63) is 57.7 Å². The Morgan fingerprint density at radius 3 is 2.31 bits per heavy atom. The van der Waals surface area contributed by atoms with Crippen LogP contribution in [0, 0.1) is 3.57 Å². The quantitative estimate of drug-likeness (QED) is 0.856. The smallest absolute Gasteiger partial charge is 0.335 e. The molecule has 0 saturated heterocycles. The van der Waals surface area contributed by atoms with Gasteiger partial charge in [-0.2, -0.15) is 0 Å². The van der Waals surface area contributed by atoms with Crippen molar-refractivity contribution < 1.29 is 9.90 Å². The molecule has 0 aliphatic heterocycles. The molecule has 0 fully saturated rings. The minimum Gasteiger partial charge on any atom is -0.478 e. The summed E-state index contributed by atoms with van der Waals surface area (Å²) in [5, 5.41) is 8.98. The van der Waals surface area contributed by atoms with E-state index in [9.17, 15) is 4.79 Å². The van der Waals surface area contributed by atoms with Gasteiger partial charge in [0.05, 0.1) is 5.56 Å². The largest absolute Gasteiger partial charge is 0.478 e. The molecule has 0 bridgehead atoms. The fourth-order valence-electron chi connectivity index (χ4n) is 1.51. The maximum absolute atomic E-state index is 10.9. The third-order valence-corrected chi connectivity index (χ3v) is 2.87. The molecular weight excluding hydrogens is 315 g/mol. The first-order valence-corrected chi connectivity index (χ1v) is 5.84. The van der Waals surface area contributed by atoms with Gasteiger partial charge in [0.2, 0.25) is 0 Å². The van der Waals surface area contributed by atoms with E-state index in [2.05, 4.69) is 22.6 Å². The number of carboxylic acid groups (broad SMARTS) is 1. The Kier molecular flexibility index (Phi) is 3.24. The molecule has 0 saturated carbocycles. The van der Waals surface area contributed by atoms with Crippen molar-refractivity contribution >= 4 is 28.6 Å². The molecule has 80 valence electrons. The van der Waals surface area contributed by atoms with Crippen LogP contribution in [0.3, 0.4) is 0 Å². The number of carbonyl (C=O) groups is 1. The highest BCUT2D eigenvalue weighted by molar-refractivity contribution is 14.1. The number of carboxylic acids is 1. The molecule has 2 nitrogen and oxygen atoms in total. The number of halogens is 1. The molecule has 2 aromatic carbocycles. The van der Waals surface area contributed by atoms with Crippen LogP contribution < -0.4 is 0 Å². The molecule has 0 unspecified atom stereocenters. The highest BCUT2D eigenvalue weighted by Crippen LogP contribution is 2.23. The van der Waals surface area contributed by atoms with Crippen LogP contribution in [0.15, 0.2) is 48.5 Å². The van der Waals surface area contributed by atoms with Crippen molar-refractivity contribution in [1.82, 2.24) is 0 Å². The van der Waals surface area contributed by atoms with Gasteiger partial charge in [0.25, 0.3) is 0 Å². The second kappa shape index (κ2) is 4.65. The summed E-state index contributed by atoms with van der Waals surface area (Å²) in [4.78, 5) is 10.9. The lowest BCUT2D eigenvalue weighted by Gasteiger charge is -2.04. The molecule has 3 heteroatoms. The third kappa shape index (κ3) is 2.41. The summed E-state index contributed by atoms with van der Waals surface area (Å²) in [7, 11) is 0. The predicted molar refractivity (Wildman–Crippen MR) is 71.6 cm³/mol. The fourth-order valence-corrected chi connectivity index (χ4v) is 2.18. The minimum absolute atomic E-state index is 0.325. The fraction of sp³-hybridized carbons (Fsp3) is 0. The van der Waals surface area contributed by atoms with Crippen LogP contribution in [0.4, 0.5) is 0 Å². The molecular formula is C13H9IO2. The van der Waals surface area contributed by atoms with Crippen molar-refractivity contribution in [2.45, 2.75) is 0 Å². The van der Waals surface area contributed by atoms with E-state index in [0.29, 0.717) is 5.56 Å². The normalized spacial score (nSPS) is 10.1. The molecule has 2 aromatic rings. The molecule has 0 spiro atoms. The lowest BCUT2D eigenvalue weighted by Crippen LogP contribution is -1.97. The van der Waals surface area contributed by atoms with Gasteiger partial charge in [-0.25, -0.2) is 4.79 Å². The Hall–Kier alpha value is -1.36. The van der Waals surface area contributed by atoms with E-state index < -0.39 is 5.97 Å². The standard InChI is InChI=1S/C13H9IO2/c14-12-7-10(6-11(8-12)13(15)16)9-4-2-1-3-5-9/h1-8H,(H,15,16). The van der Waals surface area contributed by atoms with Crippen LogP contribution in [-0.4, -0.2) is 11.1 Å². The van der Waals surface area contributed by atoms with Crippen LogP contribution in [0.2, 0.25) is 0 Å². The van der Waals surface area contributed by atoms with E-state index in [4.69, 9.17) is 5.11 Å². The Morgan fingerprint density at radius 1 is 1.00 bits per heavy atom. The van der Waals surface area contributed by atoms with Crippen LogP contribution in [0.5, 0.6) is 0 Å². The Bertz CT molecular complexity index is 521. The summed E-state index contributed by atoms with van der Waals surface area (Å²) >= 11 is 2.13. The van der Waals surface area contributed by atoms with E-state index in [-0.39, 0.29) is 0 Å². The predicted octanol–water partition coefficient (Wildman–Crippen LogP) is 3.66. The summed E-state index contributed by atoms with van der Waals surface area (Å²) in [6, 6.07) is 15.1. The maximum atomic E-state index is 10.9. The van der Waals surface area contributed by atoms with E-state index in [0.717, 1.165) is 14.7 Å². The highest BCUT2D eigenvalue weighted by atomic mass is 127. The molecule has 1 N–H and O–H groups in total. The van der Waals surface area contributed by atoms with Crippen molar-refractivity contribution in [2.24, 2.45) is 0 Å². The van der Waals surface area contributed by atoms with Crippen LogP contribution in [0.25, 0.3) is 11.1 Å². The molecule has 0 aliphatic carbocycles. The second-order valence-electron chi connectivity index (χ2n) is 3.40. The first kappa shape index (κ1) is 11.1. The number of rotatable bonds is 2. The monoisotopic (exact) mass is 324 g/mol. The first-order chi connectivity index (χ1) is 7.66. The van der Waals surface area contributed by atoms with Gasteiger partial charge in [-0.05, 0) is 51.9 Å². The first-order valence-electron chi connectivity index (χ1n) is 4.76. The van der Waals surface area contributed by atoms with Gasteiger partial charge in [-0.3, -0.25) is 0 Å².